The topological polar surface area (TPSA) is 85.9 Å². The predicted octanol–water partition coefficient (Wildman–Crippen LogP) is 5.53. The number of nitrogens with one attached hydrogen (secondary N) is 1. The van der Waals surface area contributed by atoms with E-state index in [2.05, 4.69) is 14.9 Å². The largest absolute Gasteiger partial charge is 0.481 e. The molecule has 184 valence electrons. The summed E-state index contributed by atoms with van der Waals surface area (Å²) < 4.78 is 85.4. The van der Waals surface area contributed by atoms with Gasteiger partial charge in [-0.3, -0.25) is 9.89 Å². The van der Waals surface area contributed by atoms with Gasteiger partial charge in [0.25, 0.3) is 0 Å². The summed E-state index contributed by atoms with van der Waals surface area (Å²) in [6, 6.07) is 11.3. The van der Waals surface area contributed by atoms with E-state index in [4.69, 9.17) is 5.73 Å². The third kappa shape index (κ3) is 4.96. The number of nitrogens with zero attached hydrogens (tertiary/aromatic N) is 2. The maximum atomic E-state index is 13.6. The molecule has 0 spiro atoms. The summed E-state index contributed by atoms with van der Waals surface area (Å²) in [5.74, 6) is -1.45. The minimum Gasteiger partial charge on any atom is -0.481 e. The monoisotopic (exact) mass is 496 g/mol. The lowest BCUT2D eigenvalue weighted by molar-refractivity contribution is -0.191. The maximum Gasteiger partial charge on any atom is 0.425 e. The molecule has 1 amide bonds. The van der Waals surface area contributed by atoms with Crippen molar-refractivity contribution in [1.82, 2.24) is 14.8 Å². The zero-order chi connectivity index (χ0) is 25.5. The van der Waals surface area contributed by atoms with Gasteiger partial charge in [0.15, 0.2) is 6.10 Å². The third-order valence-corrected chi connectivity index (χ3v) is 5.35. The average Bonchev–Trinajstić information content (AvgIpc) is 3.40. The molecule has 0 aliphatic carbocycles. The minimum atomic E-state index is -4.95. The van der Waals surface area contributed by atoms with Gasteiger partial charge in [-0.2, -0.15) is 31.4 Å². The molecule has 2 heterocycles. The van der Waals surface area contributed by atoms with Gasteiger partial charge in [0.05, 0.1) is 17.0 Å². The van der Waals surface area contributed by atoms with E-state index in [0.29, 0.717) is 24.2 Å². The molecule has 4 aromatic rings. The van der Waals surface area contributed by atoms with Crippen molar-refractivity contribution < 1.29 is 35.9 Å². The second-order valence-corrected chi connectivity index (χ2v) is 7.83. The van der Waals surface area contributed by atoms with Gasteiger partial charge in [-0.25, -0.2) is 0 Å². The number of ether oxygens (including phenoxy) is 1. The Hall–Kier alpha value is -3.96. The van der Waals surface area contributed by atoms with Crippen LogP contribution in [0.3, 0.4) is 0 Å². The molecule has 6 nitrogen and oxygen atoms in total. The van der Waals surface area contributed by atoms with Gasteiger partial charge in [0.2, 0.25) is 5.91 Å². The fourth-order valence-corrected chi connectivity index (χ4v) is 3.64. The van der Waals surface area contributed by atoms with Crippen molar-refractivity contribution in [2.75, 3.05) is 0 Å². The summed E-state index contributed by atoms with van der Waals surface area (Å²) >= 11 is 0. The van der Waals surface area contributed by atoms with Crippen molar-refractivity contribution in [1.29, 1.82) is 0 Å². The van der Waals surface area contributed by atoms with Crippen molar-refractivity contribution in [3.05, 3.63) is 60.3 Å². The van der Waals surface area contributed by atoms with Crippen molar-refractivity contribution in [3.8, 4) is 28.3 Å². The first-order valence-corrected chi connectivity index (χ1v) is 10.2. The van der Waals surface area contributed by atoms with E-state index in [0.717, 1.165) is 17.0 Å². The molecule has 0 saturated carbocycles. The molecule has 0 bridgehead atoms. The fraction of sp³-hybridized carbons (Fsp3) is 0.217. The Bertz CT molecular complexity index is 1390. The third-order valence-electron chi connectivity index (χ3n) is 5.35. The zero-order valence-corrected chi connectivity index (χ0v) is 18.0. The lowest BCUT2D eigenvalue weighted by atomic mass is 10.0. The highest BCUT2D eigenvalue weighted by molar-refractivity contribution is 5.95. The summed E-state index contributed by atoms with van der Waals surface area (Å²) in [6.07, 6.45) is -10.5. The van der Waals surface area contributed by atoms with Crippen LogP contribution < -0.4 is 10.5 Å². The quantitative estimate of drug-likeness (QED) is 0.344. The Labute approximate surface area is 194 Å². The highest BCUT2D eigenvalue weighted by atomic mass is 19.4. The van der Waals surface area contributed by atoms with Crippen LogP contribution in [0.25, 0.3) is 33.4 Å². The molecule has 0 saturated heterocycles. The number of hydrogen-bond acceptors (Lipinski definition) is 3. The minimum absolute atomic E-state index is 0.0250. The van der Waals surface area contributed by atoms with Crippen LogP contribution in [-0.4, -0.2) is 33.0 Å². The second-order valence-electron chi connectivity index (χ2n) is 7.83. The number of nitrogens with two attached hydrogens (primary N) is 1. The molecule has 1 atom stereocenters. The van der Waals surface area contributed by atoms with Crippen LogP contribution in [-0.2, 0) is 17.5 Å². The van der Waals surface area contributed by atoms with E-state index in [-0.39, 0.29) is 17.8 Å². The second kappa shape index (κ2) is 8.67. The van der Waals surface area contributed by atoms with Gasteiger partial charge in [-0.15, -0.1) is 0 Å². The number of H-pyrrole nitrogens is 1. The molecule has 1 unspecified atom stereocenters. The molecular weight excluding hydrogens is 478 g/mol. The van der Waals surface area contributed by atoms with E-state index < -0.39 is 35.7 Å². The van der Waals surface area contributed by atoms with Gasteiger partial charge >= 0.3 is 12.4 Å². The van der Waals surface area contributed by atoms with Crippen molar-refractivity contribution >= 4 is 16.8 Å². The first kappa shape index (κ1) is 24.2. The van der Waals surface area contributed by atoms with Crippen molar-refractivity contribution in [2.24, 2.45) is 5.73 Å². The summed E-state index contributed by atoms with van der Waals surface area (Å²) in [5.41, 5.74) is 5.99. The molecule has 0 radical (unpaired) electrons. The number of alkyl halides is 6. The number of benzene rings is 2. The highest BCUT2D eigenvalue weighted by Gasteiger charge is 2.41. The van der Waals surface area contributed by atoms with Crippen LogP contribution in [0.5, 0.6) is 5.75 Å². The number of aromatic amines is 1. The standard InChI is InChI=1S/C23H18F6N4O2/c1-12(22(24,25)26)35-20-6-5-13(9-16(20)23(27,28)29)17-10-18(32-31-17)14-3-2-4-19-15(14)7-8-33(19)11-21(30)34/h2-10,12H,11H2,1H3,(H2,30,34)(H,31,32). The van der Waals surface area contributed by atoms with E-state index in [1.165, 1.54) is 12.1 Å². The molecule has 4 rings (SSSR count). The molecule has 3 N–H and O–H groups in total. The molecule has 0 aliphatic rings. The number of rotatable bonds is 6. The number of primary amides is 1. The number of halogens is 6. The highest BCUT2D eigenvalue weighted by Crippen LogP contribution is 2.40. The van der Waals surface area contributed by atoms with Crippen LogP contribution in [0.4, 0.5) is 26.3 Å². The van der Waals surface area contributed by atoms with Crippen LogP contribution in [0.2, 0.25) is 0 Å². The summed E-state index contributed by atoms with van der Waals surface area (Å²) in [7, 11) is 0. The van der Waals surface area contributed by atoms with Gasteiger partial charge in [-0.1, -0.05) is 12.1 Å². The molecule has 35 heavy (non-hydrogen) atoms. The van der Waals surface area contributed by atoms with E-state index in [9.17, 15) is 31.1 Å². The van der Waals surface area contributed by atoms with Crippen molar-refractivity contribution in [2.45, 2.75) is 31.9 Å². The first-order valence-electron chi connectivity index (χ1n) is 10.2. The van der Waals surface area contributed by atoms with Gasteiger partial charge in [-0.05, 0) is 43.3 Å². The van der Waals surface area contributed by atoms with Crippen LogP contribution >= 0.6 is 0 Å². The zero-order valence-electron chi connectivity index (χ0n) is 18.0. The predicted molar refractivity (Wildman–Crippen MR) is 115 cm³/mol. The van der Waals surface area contributed by atoms with Crippen LogP contribution in [0.15, 0.2) is 54.7 Å². The maximum absolute atomic E-state index is 13.6. The number of amides is 1. The van der Waals surface area contributed by atoms with Gasteiger partial charge < -0.3 is 15.0 Å². The van der Waals surface area contributed by atoms with E-state index >= 15 is 0 Å². The molecule has 0 aliphatic heterocycles. The molecule has 12 heteroatoms. The Kier molecular flexibility index (Phi) is 5.99. The van der Waals surface area contributed by atoms with Crippen LogP contribution in [0.1, 0.15) is 12.5 Å². The number of carbonyl (C=O) groups is 1. The average molecular weight is 496 g/mol. The number of aromatic nitrogens is 3. The number of fused-ring (bicyclic) bond motifs is 1. The van der Waals surface area contributed by atoms with E-state index in [1.807, 2.05) is 0 Å². The molecule has 0 fully saturated rings. The normalized spacial score (nSPS) is 13.2. The smallest absolute Gasteiger partial charge is 0.425 e. The SMILES string of the molecule is CC(Oc1ccc(-c2cc(-c3cccc4c3ccn4CC(N)=O)[nH]n2)cc1C(F)(F)F)C(F)(F)F. The number of carbonyl (C=O) groups excluding carboxylic acids is 1. The summed E-state index contributed by atoms with van der Waals surface area (Å²) in [6.45, 7) is 0.605. The lowest BCUT2D eigenvalue weighted by Gasteiger charge is -2.21. The lowest BCUT2D eigenvalue weighted by Crippen LogP contribution is -2.31. The summed E-state index contributed by atoms with van der Waals surface area (Å²) in [5, 5.41) is 7.61. The van der Waals surface area contributed by atoms with E-state index in [1.54, 1.807) is 35.0 Å². The van der Waals surface area contributed by atoms with Gasteiger partial charge in [0.1, 0.15) is 12.3 Å². The molecule has 2 aromatic carbocycles. The Balaban J connectivity index is 1.71. The number of hydrogen-bond donors (Lipinski definition) is 2. The Morgan fingerprint density at radius 2 is 1.86 bits per heavy atom. The molecule has 2 aromatic heterocycles. The summed E-state index contributed by atoms with van der Waals surface area (Å²) in [4.78, 5) is 11.3. The van der Waals surface area contributed by atoms with Crippen LogP contribution in [0, 0.1) is 0 Å². The molecular formula is C23H18F6N4O2. The first-order chi connectivity index (χ1) is 16.3. The fourth-order valence-electron chi connectivity index (χ4n) is 3.64. The van der Waals surface area contributed by atoms with Gasteiger partial charge in [0, 0.05) is 28.2 Å². The Morgan fingerprint density at radius 1 is 1.11 bits per heavy atom. The van der Waals surface area contributed by atoms with Crippen molar-refractivity contribution in [3.63, 3.8) is 0 Å². The Morgan fingerprint density at radius 3 is 2.51 bits per heavy atom.